The average Bonchev–Trinajstić information content (AvgIpc) is 3.31. The number of carbonyl (C=O) groups is 4. The summed E-state index contributed by atoms with van der Waals surface area (Å²) in [5.41, 5.74) is 6.06. The Morgan fingerprint density at radius 1 is 1.05 bits per heavy atom. The van der Waals surface area contributed by atoms with E-state index < -0.39 is 86.2 Å². The summed E-state index contributed by atoms with van der Waals surface area (Å²) in [7, 11) is 1.64. The number of carboxylic acid groups (broad SMARTS) is 1. The number of aliphatic hydroxyl groups excluding tert-OH is 1. The Hall–Kier alpha value is -3.97. The van der Waals surface area contributed by atoms with E-state index in [2.05, 4.69) is 10.3 Å². The summed E-state index contributed by atoms with van der Waals surface area (Å²) in [5.74, 6) is -7.33. The van der Waals surface area contributed by atoms with Crippen molar-refractivity contribution < 1.29 is 39.6 Å². The van der Waals surface area contributed by atoms with E-state index in [0.29, 0.717) is 17.6 Å². The first-order valence-electron chi connectivity index (χ1n) is 19.9. The summed E-state index contributed by atoms with van der Waals surface area (Å²) in [6.07, 6.45) is 6.24. The van der Waals surface area contributed by atoms with Gasteiger partial charge in [0.2, 0.25) is 0 Å². The lowest BCUT2D eigenvalue weighted by Crippen LogP contribution is -2.69. The molecule has 5 aliphatic carbocycles. The standard InChI is InChI=1S/C44H60N4O8/c1-24(27(23-48-38(45)46)34(52)33(51)26(37(53)54)16-20-47-7)29-21-43(55)18-19-44(56)28(14-13-25-11-9-8-10-12-25)35-39(2,3)31(50)15-17-40(35,4)32-30(49)22-41(29,5)42(43,6)36(32)44/h8-14,18-19,24,26-29,34-35,47,52,55-56H,15-17,20-23H2,1-7H3,(H,53,54)(H4,45,46,48)/t24-,26-,27-,28+,29+,34+,35+,40-,41-,42+,43-,44+/m1/s1. The van der Waals surface area contributed by atoms with Crippen molar-refractivity contribution >= 4 is 35.4 Å². The number of nitrogens with one attached hydrogen (secondary N) is 1. The molecule has 0 bridgehead atoms. The molecule has 0 amide bonds. The van der Waals surface area contributed by atoms with Gasteiger partial charge in [-0.1, -0.05) is 90.1 Å². The molecule has 12 heteroatoms. The number of benzene rings is 1. The number of hydrogen-bond donors (Lipinski definition) is 7. The van der Waals surface area contributed by atoms with Gasteiger partial charge in [0.1, 0.15) is 23.4 Å². The molecule has 0 radical (unpaired) electrons. The van der Waals surface area contributed by atoms with Gasteiger partial charge in [0, 0.05) is 53.0 Å². The number of ketones is 3. The van der Waals surface area contributed by atoms with E-state index >= 15 is 4.79 Å². The summed E-state index contributed by atoms with van der Waals surface area (Å²) >= 11 is 0. The fourth-order valence-electron chi connectivity index (χ4n) is 12.5. The molecule has 6 rings (SSSR count). The average molecular weight is 773 g/mol. The second-order valence-corrected chi connectivity index (χ2v) is 18.5. The highest BCUT2D eigenvalue weighted by Gasteiger charge is 2.78. The van der Waals surface area contributed by atoms with Crippen molar-refractivity contribution in [3.8, 4) is 0 Å². The Bertz CT molecular complexity index is 1920. The number of nitrogens with zero attached hydrogens (tertiary/aromatic N) is 1. The van der Waals surface area contributed by atoms with Gasteiger partial charge in [-0.3, -0.25) is 24.2 Å². The number of carboxylic acids is 1. The number of rotatable bonds is 13. The highest BCUT2D eigenvalue weighted by atomic mass is 16.4. The minimum Gasteiger partial charge on any atom is -0.481 e. The minimum absolute atomic E-state index is 0.00372. The molecule has 0 spiro atoms. The van der Waals surface area contributed by atoms with Gasteiger partial charge in [0.15, 0.2) is 17.5 Å². The summed E-state index contributed by atoms with van der Waals surface area (Å²) < 4.78 is 0. The predicted octanol–water partition coefficient (Wildman–Crippen LogP) is 3.44. The Labute approximate surface area is 329 Å². The summed E-state index contributed by atoms with van der Waals surface area (Å²) in [6, 6.07) is 9.70. The van der Waals surface area contributed by atoms with Crippen molar-refractivity contribution in [1.82, 2.24) is 5.32 Å². The number of nitrogens with two attached hydrogens (primary N) is 2. The molecule has 304 valence electrons. The van der Waals surface area contributed by atoms with E-state index in [1.54, 1.807) is 19.2 Å². The number of guanidine groups is 1. The van der Waals surface area contributed by atoms with E-state index in [-0.39, 0.29) is 56.3 Å². The summed E-state index contributed by atoms with van der Waals surface area (Å²) in [6.45, 7) is 11.6. The maximum absolute atomic E-state index is 15.1. The van der Waals surface area contributed by atoms with Crippen LogP contribution in [0.1, 0.15) is 79.2 Å². The molecule has 2 saturated carbocycles. The Morgan fingerprint density at radius 2 is 1.71 bits per heavy atom. The summed E-state index contributed by atoms with van der Waals surface area (Å²) in [5, 5.41) is 51.1. The Kier molecular flexibility index (Phi) is 10.5. The van der Waals surface area contributed by atoms with Crippen molar-refractivity contribution in [2.24, 2.45) is 73.6 Å². The van der Waals surface area contributed by atoms with Crippen LogP contribution < -0.4 is 16.8 Å². The lowest BCUT2D eigenvalue weighted by atomic mass is 9.36. The molecule has 1 aromatic rings. The number of allylic oxidation sites excluding steroid dienone is 1. The number of Topliss-reactive ketones (excluding diaryl/α,β-unsaturated/α-hetero) is 3. The molecular formula is C44H60N4O8. The van der Waals surface area contributed by atoms with E-state index in [1.807, 2.05) is 84.0 Å². The highest BCUT2D eigenvalue weighted by Crippen LogP contribution is 2.78. The first-order valence-corrected chi connectivity index (χ1v) is 19.9. The Morgan fingerprint density at radius 3 is 2.32 bits per heavy atom. The fourth-order valence-corrected chi connectivity index (χ4v) is 12.5. The molecule has 5 aliphatic rings. The molecule has 0 aliphatic heterocycles. The molecule has 0 heterocycles. The van der Waals surface area contributed by atoms with Crippen LogP contribution in [0, 0.1) is 57.2 Å². The smallest absolute Gasteiger partial charge is 0.314 e. The number of carbonyl (C=O) groups excluding carboxylic acids is 3. The van der Waals surface area contributed by atoms with Crippen molar-refractivity contribution in [1.29, 1.82) is 0 Å². The van der Waals surface area contributed by atoms with Crippen molar-refractivity contribution in [3.63, 3.8) is 0 Å². The number of fused-ring (bicyclic) bond motifs is 2. The van der Waals surface area contributed by atoms with Gasteiger partial charge in [0.05, 0.1) is 5.60 Å². The van der Waals surface area contributed by atoms with E-state index in [4.69, 9.17) is 11.5 Å². The SMILES string of the molecule is CNCC[C@@H](C(=O)O)C(=O)[C@@H](O)[C@H](CN=C(N)N)[C@@H](C)[C@@H]1C[C@]2(O)C=C[C@@]3(O)C4=C(C(=O)C[C@@]1(C)[C@]42C)[C@@]1(C)CCC(=O)C(C)(C)[C@@H]1[C@@H]3C=Cc1ccccc1. The predicted molar refractivity (Wildman–Crippen MR) is 213 cm³/mol. The quantitative estimate of drug-likeness (QED) is 0.0666. The van der Waals surface area contributed by atoms with Crippen molar-refractivity contribution in [2.75, 3.05) is 20.1 Å². The molecule has 1 aromatic carbocycles. The van der Waals surface area contributed by atoms with Gasteiger partial charge >= 0.3 is 5.97 Å². The number of hydrogen-bond acceptors (Lipinski definition) is 9. The molecule has 0 unspecified atom stereocenters. The third-order valence-corrected chi connectivity index (χ3v) is 15.5. The maximum Gasteiger partial charge on any atom is 0.314 e. The maximum atomic E-state index is 15.1. The second-order valence-electron chi connectivity index (χ2n) is 18.5. The molecule has 12 nitrogen and oxygen atoms in total. The zero-order valence-corrected chi connectivity index (χ0v) is 33.7. The van der Waals surface area contributed by atoms with Crippen molar-refractivity contribution in [3.05, 3.63) is 65.3 Å². The van der Waals surface area contributed by atoms with E-state index in [0.717, 1.165) is 5.56 Å². The van der Waals surface area contributed by atoms with Crippen LogP contribution in [0.25, 0.3) is 6.08 Å². The van der Waals surface area contributed by atoms with Gasteiger partial charge in [-0.25, -0.2) is 0 Å². The first-order chi connectivity index (χ1) is 26.1. The van der Waals surface area contributed by atoms with Crippen molar-refractivity contribution in [2.45, 2.75) is 91.0 Å². The topological polar surface area (TPSA) is 226 Å². The van der Waals surface area contributed by atoms with Crippen LogP contribution in [0.2, 0.25) is 0 Å². The highest BCUT2D eigenvalue weighted by molar-refractivity contribution is 6.02. The molecule has 0 aromatic heterocycles. The first kappa shape index (κ1) is 41.7. The van der Waals surface area contributed by atoms with Gasteiger partial charge in [-0.05, 0) is 73.2 Å². The van der Waals surface area contributed by atoms with E-state index in [1.165, 1.54) is 0 Å². The van der Waals surface area contributed by atoms with Crippen LogP contribution in [0.15, 0.2) is 64.7 Å². The monoisotopic (exact) mass is 772 g/mol. The van der Waals surface area contributed by atoms with Gasteiger partial charge in [0.25, 0.3) is 0 Å². The molecule has 56 heavy (non-hydrogen) atoms. The van der Waals surface area contributed by atoms with Crippen LogP contribution in [-0.2, 0) is 19.2 Å². The van der Waals surface area contributed by atoms with Crippen LogP contribution >= 0.6 is 0 Å². The molecule has 9 N–H and O–H groups in total. The van der Waals surface area contributed by atoms with Crippen LogP contribution in [0.5, 0.6) is 0 Å². The Balaban J connectivity index is 1.53. The lowest BCUT2D eigenvalue weighted by molar-refractivity contribution is -0.162. The number of aliphatic carboxylic acids is 1. The van der Waals surface area contributed by atoms with Gasteiger partial charge in [-0.15, -0.1) is 0 Å². The summed E-state index contributed by atoms with van der Waals surface area (Å²) in [4.78, 5) is 59.1. The fraction of sp³-hybridized carbons (Fsp3) is 0.614. The molecular weight excluding hydrogens is 713 g/mol. The van der Waals surface area contributed by atoms with Crippen LogP contribution in [-0.4, -0.2) is 87.1 Å². The van der Waals surface area contributed by atoms with Crippen LogP contribution in [0.4, 0.5) is 0 Å². The molecule has 0 saturated heterocycles. The minimum atomic E-state index is -1.77. The van der Waals surface area contributed by atoms with E-state index in [9.17, 15) is 34.8 Å². The second kappa shape index (κ2) is 14.1. The third kappa shape index (κ3) is 5.88. The number of aliphatic hydroxyl groups is 3. The lowest BCUT2D eigenvalue weighted by Gasteiger charge is -2.68. The molecule has 12 atom stereocenters. The normalized spacial score (nSPS) is 37.7. The van der Waals surface area contributed by atoms with Gasteiger partial charge < -0.3 is 37.2 Å². The number of aliphatic imine (C=N–C) groups is 1. The molecule has 2 fully saturated rings. The zero-order valence-electron chi connectivity index (χ0n) is 33.7. The third-order valence-electron chi connectivity index (χ3n) is 15.5. The zero-order chi connectivity index (χ0) is 41.4. The van der Waals surface area contributed by atoms with Crippen LogP contribution in [0.3, 0.4) is 0 Å². The van der Waals surface area contributed by atoms with Gasteiger partial charge in [-0.2, -0.15) is 0 Å². The largest absolute Gasteiger partial charge is 0.481 e.